The maximum absolute atomic E-state index is 4.89. The average Bonchev–Trinajstić information content (AvgIpc) is 3.62. The number of fused-ring (bicyclic) bond motifs is 16. The van der Waals surface area contributed by atoms with E-state index in [1.165, 1.54) is 77.9 Å². The number of hydrogen-bond donors (Lipinski definition) is 0. The smallest absolute Gasteiger partial charge is 0.0720 e. The Balaban J connectivity index is 1.26. The van der Waals surface area contributed by atoms with Gasteiger partial charge in [0.25, 0.3) is 0 Å². The third kappa shape index (κ3) is 3.97. The normalized spacial score (nSPS) is 15.4. The Morgan fingerprint density at radius 2 is 0.808 bits per heavy atom. The molecule has 252 valence electrons. The summed E-state index contributed by atoms with van der Waals surface area (Å²) >= 11 is 0. The van der Waals surface area contributed by atoms with Gasteiger partial charge < -0.3 is 0 Å². The topological polar surface area (TPSA) is 12.9 Å². The molecule has 7 aromatic rings. The molecule has 0 saturated heterocycles. The molecule has 1 aromatic heterocycles. The molecular weight excluding hydrogens is 627 g/mol. The van der Waals surface area contributed by atoms with Crippen LogP contribution in [0.5, 0.6) is 0 Å². The van der Waals surface area contributed by atoms with Gasteiger partial charge in [-0.2, -0.15) is 0 Å². The largest absolute Gasteiger partial charge is 0.261 e. The van der Waals surface area contributed by atoms with Crippen LogP contribution in [0.3, 0.4) is 0 Å². The van der Waals surface area contributed by atoms with Crippen LogP contribution in [0.25, 0.3) is 22.3 Å². The molecule has 3 aliphatic rings. The zero-order chi connectivity index (χ0) is 35.5. The lowest BCUT2D eigenvalue weighted by molar-refractivity contribution is 0.511. The molecule has 10 rings (SSSR count). The third-order valence-electron chi connectivity index (χ3n) is 12.6. The summed E-state index contributed by atoms with van der Waals surface area (Å²) in [6.07, 6.45) is 2.85. The molecule has 52 heavy (non-hydrogen) atoms. The van der Waals surface area contributed by atoms with Gasteiger partial charge in [0, 0.05) is 11.9 Å². The minimum atomic E-state index is -0.479. The average molecular weight is 670 g/mol. The van der Waals surface area contributed by atoms with E-state index in [-0.39, 0.29) is 10.8 Å². The summed E-state index contributed by atoms with van der Waals surface area (Å²) in [5, 5.41) is 0. The molecule has 0 radical (unpaired) electrons. The van der Waals surface area contributed by atoms with Gasteiger partial charge in [0.15, 0.2) is 0 Å². The first-order valence-electron chi connectivity index (χ1n) is 18.8. The van der Waals surface area contributed by atoms with Crippen molar-refractivity contribution in [2.45, 2.75) is 62.7 Å². The molecule has 3 aliphatic carbocycles. The van der Waals surface area contributed by atoms with Crippen molar-refractivity contribution in [2.75, 3.05) is 0 Å². The fourth-order valence-electron chi connectivity index (χ4n) is 10.3. The van der Waals surface area contributed by atoms with Crippen LogP contribution in [0.15, 0.2) is 158 Å². The molecule has 0 amide bonds. The molecule has 1 heteroatoms. The van der Waals surface area contributed by atoms with E-state index in [9.17, 15) is 0 Å². The predicted molar refractivity (Wildman–Crippen MR) is 214 cm³/mol. The van der Waals surface area contributed by atoms with Gasteiger partial charge in [-0.05, 0) is 107 Å². The Morgan fingerprint density at radius 1 is 0.404 bits per heavy atom. The minimum Gasteiger partial charge on any atom is -0.261 e. The van der Waals surface area contributed by atoms with Gasteiger partial charge in [0.2, 0.25) is 0 Å². The number of aromatic nitrogens is 1. The van der Waals surface area contributed by atoms with Crippen LogP contribution < -0.4 is 0 Å². The van der Waals surface area contributed by atoms with Crippen molar-refractivity contribution in [3.63, 3.8) is 0 Å². The zero-order valence-electron chi connectivity index (χ0n) is 30.7. The highest BCUT2D eigenvalue weighted by Crippen LogP contribution is 2.67. The van der Waals surface area contributed by atoms with E-state index in [1.54, 1.807) is 0 Å². The summed E-state index contributed by atoms with van der Waals surface area (Å²) in [5.41, 5.74) is 19.2. The van der Waals surface area contributed by atoms with Crippen LogP contribution in [-0.4, -0.2) is 4.98 Å². The lowest BCUT2D eigenvalue weighted by atomic mass is 9.52. The maximum atomic E-state index is 4.89. The van der Waals surface area contributed by atoms with E-state index < -0.39 is 10.8 Å². The Hall–Kier alpha value is -5.53. The van der Waals surface area contributed by atoms with Gasteiger partial charge in [-0.1, -0.05) is 174 Å². The number of rotatable bonds is 3. The minimum absolute atomic E-state index is 0.0764. The third-order valence-corrected chi connectivity index (χ3v) is 12.6. The summed E-state index contributed by atoms with van der Waals surface area (Å²) in [5.74, 6) is 0. The SMILES string of the molecule is CC(C)(C)c1ccnc(CC(C)(C)c2ccc3c(c2)C2(c4ccccc4-3)c3ccccc3C3(c4ccccc4-c4ccccc43)c3ccccc32)c1. The molecule has 6 aromatic carbocycles. The summed E-state index contributed by atoms with van der Waals surface area (Å²) in [4.78, 5) is 4.89. The number of benzene rings is 6. The quantitative estimate of drug-likeness (QED) is 0.182. The van der Waals surface area contributed by atoms with Gasteiger partial charge in [-0.15, -0.1) is 0 Å². The van der Waals surface area contributed by atoms with Crippen LogP contribution in [-0.2, 0) is 28.1 Å². The van der Waals surface area contributed by atoms with E-state index >= 15 is 0 Å². The van der Waals surface area contributed by atoms with Crippen LogP contribution in [0.1, 0.15) is 95.9 Å². The van der Waals surface area contributed by atoms with Crippen LogP contribution in [0.4, 0.5) is 0 Å². The van der Waals surface area contributed by atoms with Crippen molar-refractivity contribution in [1.82, 2.24) is 4.98 Å². The first kappa shape index (κ1) is 31.2. The lowest BCUT2D eigenvalue weighted by Gasteiger charge is -2.49. The molecule has 0 saturated carbocycles. The number of hydrogen-bond acceptors (Lipinski definition) is 1. The van der Waals surface area contributed by atoms with Crippen molar-refractivity contribution in [3.8, 4) is 22.3 Å². The molecule has 0 bridgehead atoms. The fourth-order valence-corrected chi connectivity index (χ4v) is 10.3. The second-order valence-corrected chi connectivity index (χ2v) is 16.8. The van der Waals surface area contributed by atoms with Crippen LogP contribution >= 0.6 is 0 Å². The number of pyridine rings is 1. The van der Waals surface area contributed by atoms with Crippen molar-refractivity contribution in [1.29, 1.82) is 0 Å². The van der Waals surface area contributed by atoms with Gasteiger partial charge >= 0.3 is 0 Å². The Morgan fingerprint density at radius 3 is 1.27 bits per heavy atom. The number of nitrogens with zero attached hydrogens (tertiary/aromatic N) is 1. The zero-order valence-corrected chi connectivity index (χ0v) is 30.7. The monoisotopic (exact) mass is 669 g/mol. The second-order valence-electron chi connectivity index (χ2n) is 16.8. The standard InChI is InChI=1S/C51H43N/c1-48(2,3)33-28-29-52-35(30-33)32-49(4,5)34-26-27-39-38-18-8-11-21-42(38)51(47(39)31-34)45-24-14-12-22-43(45)50(44-23-13-15-25-46(44)51)40-19-9-6-16-36(40)37-17-7-10-20-41(37)50/h6-31H,32H2,1-5H3. The summed E-state index contributed by atoms with van der Waals surface area (Å²) in [6.45, 7) is 11.6. The summed E-state index contributed by atoms with van der Waals surface area (Å²) < 4.78 is 0. The van der Waals surface area contributed by atoms with Crippen molar-refractivity contribution >= 4 is 0 Å². The van der Waals surface area contributed by atoms with Gasteiger partial charge in [0.05, 0.1) is 10.8 Å². The fraction of sp³-hybridized carbons (Fsp3) is 0.196. The van der Waals surface area contributed by atoms with Crippen molar-refractivity contribution < 1.29 is 0 Å². The molecule has 2 spiro atoms. The Kier molecular flexibility index (Phi) is 6.45. The Labute approximate surface area is 308 Å². The van der Waals surface area contributed by atoms with E-state index in [4.69, 9.17) is 4.98 Å². The van der Waals surface area contributed by atoms with Gasteiger partial charge in [-0.3, -0.25) is 4.98 Å². The van der Waals surface area contributed by atoms with E-state index in [0.717, 1.165) is 12.1 Å². The molecule has 0 atom stereocenters. The lowest BCUT2D eigenvalue weighted by Crippen LogP contribution is -2.43. The predicted octanol–water partition coefficient (Wildman–Crippen LogP) is 11.9. The Bertz CT molecular complexity index is 2480. The summed E-state index contributed by atoms with van der Waals surface area (Å²) in [7, 11) is 0. The molecule has 0 unspecified atom stereocenters. The first-order chi connectivity index (χ1) is 25.2. The molecule has 0 aliphatic heterocycles. The second kappa shape index (κ2) is 10.7. The van der Waals surface area contributed by atoms with Gasteiger partial charge in [-0.25, -0.2) is 0 Å². The van der Waals surface area contributed by atoms with E-state index in [2.05, 4.69) is 186 Å². The van der Waals surface area contributed by atoms with Gasteiger partial charge in [0.1, 0.15) is 0 Å². The summed E-state index contributed by atoms with van der Waals surface area (Å²) in [6, 6.07) is 58.0. The molecule has 1 heterocycles. The van der Waals surface area contributed by atoms with E-state index in [0.29, 0.717) is 0 Å². The molecule has 0 fully saturated rings. The maximum Gasteiger partial charge on any atom is 0.0720 e. The molecular formula is C51H43N. The highest BCUT2D eigenvalue weighted by molar-refractivity contribution is 5.93. The van der Waals surface area contributed by atoms with Crippen LogP contribution in [0.2, 0.25) is 0 Å². The van der Waals surface area contributed by atoms with Crippen LogP contribution in [0, 0.1) is 0 Å². The van der Waals surface area contributed by atoms with Crippen molar-refractivity contribution in [2.24, 2.45) is 0 Å². The molecule has 1 nitrogen and oxygen atoms in total. The van der Waals surface area contributed by atoms with Crippen molar-refractivity contribution in [3.05, 3.63) is 219 Å². The first-order valence-corrected chi connectivity index (χ1v) is 18.8. The highest BCUT2D eigenvalue weighted by Gasteiger charge is 2.58. The highest BCUT2D eigenvalue weighted by atomic mass is 14.7. The molecule has 0 N–H and O–H groups in total. The van der Waals surface area contributed by atoms with E-state index in [1.807, 2.05) is 6.20 Å².